The summed E-state index contributed by atoms with van der Waals surface area (Å²) >= 11 is 5.83. The standard InChI is InChI=1S/C17H18ClN3O4S/c18-14-5-3-13(4-6-14)12-26(24,25)21-10-8-20(9-11-21)16-15(17(22)23)2-1-7-19-16/h1-7H,8-12H2,(H,22,23). The number of carboxylic acid groups (broad SMARTS) is 1. The average molecular weight is 396 g/mol. The van der Waals surface area contributed by atoms with Gasteiger partial charge in [-0.15, -0.1) is 0 Å². The summed E-state index contributed by atoms with van der Waals surface area (Å²) in [7, 11) is -3.45. The summed E-state index contributed by atoms with van der Waals surface area (Å²) in [5.74, 6) is -0.769. The van der Waals surface area contributed by atoms with Crippen LogP contribution in [-0.4, -0.2) is 55.0 Å². The lowest BCUT2D eigenvalue weighted by Gasteiger charge is -2.35. The minimum Gasteiger partial charge on any atom is -0.478 e. The van der Waals surface area contributed by atoms with Crippen LogP contribution in [0.25, 0.3) is 0 Å². The molecule has 3 rings (SSSR count). The van der Waals surface area contributed by atoms with Gasteiger partial charge in [0.25, 0.3) is 0 Å². The number of hydrogen-bond acceptors (Lipinski definition) is 5. The van der Waals surface area contributed by atoms with Crippen LogP contribution in [-0.2, 0) is 15.8 Å². The summed E-state index contributed by atoms with van der Waals surface area (Å²) in [4.78, 5) is 17.3. The Morgan fingerprint density at radius 2 is 1.77 bits per heavy atom. The maximum Gasteiger partial charge on any atom is 0.339 e. The van der Waals surface area contributed by atoms with Crippen LogP contribution in [0.3, 0.4) is 0 Å². The van der Waals surface area contributed by atoms with E-state index in [1.807, 2.05) is 0 Å². The van der Waals surface area contributed by atoms with Crippen molar-refractivity contribution in [3.05, 3.63) is 58.7 Å². The number of pyridine rings is 1. The molecule has 138 valence electrons. The van der Waals surface area contributed by atoms with Crippen LogP contribution in [0.1, 0.15) is 15.9 Å². The molecule has 2 aromatic rings. The van der Waals surface area contributed by atoms with Crippen LogP contribution < -0.4 is 4.90 Å². The van der Waals surface area contributed by atoms with Crippen LogP contribution in [0.2, 0.25) is 5.02 Å². The molecule has 26 heavy (non-hydrogen) atoms. The van der Waals surface area contributed by atoms with Crippen LogP contribution in [0.5, 0.6) is 0 Å². The lowest BCUT2D eigenvalue weighted by molar-refractivity contribution is 0.0697. The number of rotatable bonds is 5. The first-order chi connectivity index (χ1) is 12.4. The number of aromatic carboxylic acids is 1. The Hall–Kier alpha value is -2.16. The number of hydrogen-bond donors (Lipinski definition) is 1. The van der Waals surface area contributed by atoms with Gasteiger partial charge >= 0.3 is 5.97 Å². The maximum absolute atomic E-state index is 12.6. The topological polar surface area (TPSA) is 90.8 Å². The molecule has 1 aromatic heterocycles. The van der Waals surface area contributed by atoms with E-state index in [0.717, 1.165) is 0 Å². The fraction of sp³-hybridized carbons (Fsp3) is 0.294. The highest BCUT2D eigenvalue weighted by molar-refractivity contribution is 7.88. The SMILES string of the molecule is O=C(O)c1cccnc1N1CCN(S(=O)(=O)Cc2ccc(Cl)cc2)CC1. The molecule has 1 N–H and O–H groups in total. The summed E-state index contributed by atoms with van der Waals surface area (Å²) in [6.07, 6.45) is 1.53. The molecule has 1 saturated heterocycles. The highest BCUT2D eigenvalue weighted by Gasteiger charge is 2.29. The second-order valence-corrected chi connectivity index (χ2v) is 8.35. The molecule has 0 atom stereocenters. The van der Waals surface area contributed by atoms with Crippen molar-refractivity contribution in [2.75, 3.05) is 31.1 Å². The van der Waals surface area contributed by atoms with Crippen molar-refractivity contribution in [3.63, 3.8) is 0 Å². The molecule has 0 spiro atoms. The maximum atomic E-state index is 12.6. The second-order valence-electron chi connectivity index (χ2n) is 5.95. The van der Waals surface area contributed by atoms with Gasteiger partial charge in [0, 0.05) is 37.4 Å². The smallest absolute Gasteiger partial charge is 0.339 e. The Morgan fingerprint density at radius 3 is 2.38 bits per heavy atom. The van der Waals surface area contributed by atoms with Crippen LogP contribution in [0, 0.1) is 0 Å². The lowest BCUT2D eigenvalue weighted by atomic mass is 10.2. The van der Waals surface area contributed by atoms with Crippen molar-refractivity contribution in [2.24, 2.45) is 0 Å². The molecule has 0 radical (unpaired) electrons. The number of sulfonamides is 1. The minimum absolute atomic E-state index is 0.0892. The largest absolute Gasteiger partial charge is 0.478 e. The van der Waals surface area contributed by atoms with Gasteiger partial charge in [-0.1, -0.05) is 23.7 Å². The van der Waals surface area contributed by atoms with E-state index >= 15 is 0 Å². The van der Waals surface area contributed by atoms with E-state index < -0.39 is 16.0 Å². The first kappa shape index (κ1) is 18.6. The number of anilines is 1. The molecule has 1 fully saturated rings. The number of piperazine rings is 1. The predicted molar refractivity (Wildman–Crippen MR) is 99.1 cm³/mol. The Morgan fingerprint density at radius 1 is 1.12 bits per heavy atom. The highest BCUT2D eigenvalue weighted by atomic mass is 35.5. The van der Waals surface area contributed by atoms with Crippen LogP contribution >= 0.6 is 11.6 Å². The molecule has 7 nitrogen and oxygen atoms in total. The number of halogens is 1. The van der Waals surface area contributed by atoms with E-state index in [2.05, 4.69) is 4.98 Å². The van der Waals surface area contributed by atoms with Crippen molar-refractivity contribution >= 4 is 33.4 Å². The van der Waals surface area contributed by atoms with Gasteiger partial charge in [-0.2, -0.15) is 4.31 Å². The molecule has 2 heterocycles. The monoisotopic (exact) mass is 395 g/mol. The van der Waals surface area contributed by atoms with Gasteiger partial charge in [0.2, 0.25) is 10.0 Å². The molecular formula is C17H18ClN3O4S. The Kier molecular flexibility index (Phi) is 5.45. The third kappa shape index (κ3) is 4.14. The Labute approximate surface area is 156 Å². The Bertz CT molecular complexity index is 894. The highest BCUT2D eigenvalue weighted by Crippen LogP contribution is 2.21. The van der Waals surface area contributed by atoms with Crippen LogP contribution in [0.4, 0.5) is 5.82 Å². The summed E-state index contributed by atoms with van der Waals surface area (Å²) in [6.45, 7) is 1.34. The average Bonchev–Trinajstić information content (AvgIpc) is 2.63. The van der Waals surface area contributed by atoms with Gasteiger partial charge in [0.15, 0.2) is 0 Å². The molecular weight excluding hydrogens is 378 g/mol. The van der Waals surface area contributed by atoms with E-state index in [1.165, 1.54) is 16.6 Å². The summed E-state index contributed by atoms with van der Waals surface area (Å²) < 4.78 is 26.7. The number of aromatic nitrogens is 1. The van der Waals surface area contributed by atoms with Crippen molar-refractivity contribution in [3.8, 4) is 0 Å². The van der Waals surface area contributed by atoms with Crippen molar-refractivity contribution < 1.29 is 18.3 Å². The van der Waals surface area contributed by atoms with E-state index in [4.69, 9.17) is 11.6 Å². The number of carbonyl (C=O) groups is 1. The zero-order valence-electron chi connectivity index (χ0n) is 13.9. The van der Waals surface area contributed by atoms with E-state index in [0.29, 0.717) is 29.5 Å². The molecule has 0 aliphatic carbocycles. The van der Waals surface area contributed by atoms with Gasteiger partial charge in [-0.25, -0.2) is 18.2 Å². The first-order valence-corrected chi connectivity index (χ1v) is 10.0. The molecule has 0 unspecified atom stereocenters. The second kappa shape index (κ2) is 7.61. The zero-order valence-corrected chi connectivity index (χ0v) is 15.4. The van der Waals surface area contributed by atoms with Crippen LogP contribution in [0.15, 0.2) is 42.6 Å². The third-order valence-electron chi connectivity index (χ3n) is 4.21. The molecule has 0 saturated carbocycles. The molecule has 9 heteroatoms. The normalized spacial score (nSPS) is 15.8. The molecule has 1 aliphatic heterocycles. The molecule has 0 bridgehead atoms. The fourth-order valence-electron chi connectivity index (χ4n) is 2.88. The minimum atomic E-state index is -3.45. The van der Waals surface area contributed by atoms with Gasteiger partial charge in [-0.3, -0.25) is 0 Å². The molecule has 1 aromatic carbocycles. The number of benzene rings is 1. The van der Waals surface area contributed by atoms with Crippen molar-refractivity contribution in [1.29, 1.82) is 0 Å². The molecule has 1 aliphatic rings. The predicted octanol–water partition coefficient (Wildman–Crippen LogP) is 2.09. The molecule has 0 amide bonds. The number of carboxylic acids is 1. The van der Waals surface area contributed by atoms with Gasteiger partial charge < -0.3 is 10.0 Å². The van der Waals surface area contributed by atoms with Gasteiger partial charge in [0.1, 0.15) is 11.4 Å². The van der Waals surface area contributed by atoms with Crippen molar-refractivity contribution in [2.45, 2.75) is 5.75 Å². The quantitative estimate of drug-likeness (QED) is 0.833. The Balaban J connectivity index is 1.68. The number of nitrogens with zero attached hydrogens (tertiary/aromatic N) is 3. The lowest BCUT2D eigenvalue weighted by Crippen LogP contribution is -2.49. The third-order valence-corrected chi connectivity index (χ3v) is 6.31. The van der Waals surface area contributed by atoms with Gasteiger partial charge in [-0.05, 0) is 29.8 Å². The van der Waals surface area contributed by atoms with E-state index in [-0.39, 0.29) is 24.4 Å². The van der Waals surface area contributed by atoms with E-state index in [1.54, 1.807) is 35.2 Å². The summed E-state index contributed by atoms with van der Waals surface area (Å²) in [6, 6.07) is 9.79. The first-order valence-electron chi connectivity index (χ1n) is 8.02. The van der Waals surface area contributed by atoms with Gasteiger partial charge in [0.05, 0.1) is 5.75 Å². The summed E-state index contributed by atoms with van der Waals surface area (Å²) in [5.41, 5.74) is 0.791. The summed E-state index contributed by atoms with van der Waals surface area (Å²) in [5, 5.41) is 9.84. The van der Waals surface area contributed by atoms with Crippen molar-refractivity contribution in [1.82, 2.24) is 9.29 Å². The zero-order chi connectivity index (χ0) is 18.7. The fourth-order valence-corrected chi connectivity index (χ4v) is 4.52. The van der Waals surface area contributed by atoms with E-state index in [9.17, 15) is 18.3 Å².